The number of anilines is 1. The van der Waals surface area contributed by atoms with E-state index < -0.39 is 0 Å². The summed E-state index contributed by atoms with van der Waals surface area (Å²) in [6, 6.07) is 2.16. The number of hydrogen-bond acceptors (Lipinski definition) is 4. The van der Waals surface area contributed by atoms with Crippen LogP contribution in [0.5, 0.6) is 0 Å². The molecule has 3 heterocycles. The molecular weight excluding hydrogens is 237 g/mol. The molecule has 2 aliphatic rings. The SMILES string of the molecule is Clc1cc(N2CC3CC2CO3)nc(Cl)n1. The molecule has 1 aromatic rings. The van der Waals surface area contributed by atoms with E-state index in [2.05, 4.69) is 14.9 Å². The normalized spacial score (nSPS) is 28.8. The third kappa shape index (κ3) is 1.67. The highest BCUT2D eigenvalue weighted by Crippen LogP contribution is 2.32. The van der Waals surface area contributed by atoms with E-state index in [4.69, 9.17) is 27.9 Å². The van der Waals surface area contributed by atoms with Gasteiger partial charge in [-0.2, -0.15) is 0 Å². The van der Waals surface area contributed by atoms with E-state index in [0.29, 0.717) is 17.3 Å². The number of rotatable bonds is 1. The Bertz CT molecular complexity index is 381. The van der Waals surface area contributed by atoms with Gasteiger partial charge in [-0.15, -0.1) is 0 Å². The molecule has 0 aliphatic carbocycles. The lowest BCUT2D eigenvalue weighted by atomic mass is 10.2. The molecule has 0 spiro atoms. The van der Waals surface area contributed by atoms with Gasteiger partial charge in [-0.3, -0.25) is 0 Å². The van der Waals surface area contributed by atoms with Gasteiger partial charge < -0.3 is 9.64 Å². The molecule has 0 aromatic carbocycles. The van der Waals surface area contributed by atoms with Crippen molar-refractivity contribution >= 4 is 29.0 Å². The number of aromatic nitrogens is 2. The minimum atomic E-state index is 0.196. The monoisotopic (exact) mass is 245 g/mol. The van der Waals surface area contributed by atoms with E-state index >= 15 is 0 Å². The van der Waals surface area contributed by atoms with E-state index in [1.165, 1.54) is 0 Å². The van der Waals surface area contributed by atoms with E-state index in [1.807, 2.05) is 0 Å². The Morgan fingerprint density at radius 1 is 1.40 bits per heavy atom. The van der Waals surface area contributed by atoms with Crippen LogP contribution in [0.15, 0.2) is 6.07 Å². The van der Waals surface area contributed by atoms with Crippen LogP contribution in [0.3, 0.4) is 0 Å². The second kappa shape index (κ2) is 3.47. The third-order valence-electron chi connectivity index (χ3n) is 2.85. The van der Waals surface area contributed by atoms with Gasteiger partial charge in [0, 0.05) is 12.6 Å². The van der Waals surface area contributed by atoms with Crippen LogP contribution in [0, 0.1) is 0 Å². The van der Waals surface area contributed by atoms with Gasteiger partial charge in [-0.1, -0.05) is 11.6 Å². The molecule has 0 saturated carbocycles. The summed E-state index contributed by atoms with van der Waals surface area (Å²) in [5.74, 6) is 0.802. The Labute approximate surface area is 97.2 Å². The van der Waals surface area contributed by atoms with Gasteiger partial charge in [0.25, 0.3) is 0 Å². The van der Waals surface area contributed by atoms with Crippen molar-refractivity contribution in [2.24, 2.45) is 0 Å². The van der Waals surface area contributed by atoms with Crippen molar-refractivity contribution in [3.05, 3.63) is 16.5 Å². The number of fused-ring (bicyclic) bond motifs is 2. The first-order valence-corrected chi connectivity index (χ1v) is 5.56. The molecule has 6 heteroatoms. The van der Waals surface area contributed by atoms with E-state index in [9.17, 15) is 0 Å². The van der Waals surface area contributed by atoms with Gasteiger partial charge in [0.2, 0.25) is 5.28 Å². The first-order chi connectivity index (χ1) is 7.22. The predicted molar refractivity (Wildman–Crippen MR) is 57.5 cm³/mol. The molecule has 2 unspecified atom stereocenters. The summed E-state index contributed by atoms with van der Waals surface area (Å²) in [5.41, 5.74) is 0. The largest absolute Gasteiger partial charge is 0.374 e. The zero-order valence-electron chi connectivity index (χ0n) is 7.86. The fourth-order valence-electron chi connectivity index (χ4n) is 2.21. The highest BCUT2D eigenvalue weighted by molar-refractivity contribution is 6.32. The molecule has 15 heavy (non-hydrogen) atoms. The Morgan fingerprint density at radius 2 is 2.27 bits per heavy atom. The average molecular weight is 246 g/mol. The van der Waals surface area contributed by atoms with Gasteiger partial charge >= 0.3 is 0 Å². The smallest absolute Gasteiger partial charge is 0.225 e. The van der Waals surface area contributed by atoms with Crippen LogP contribution in [0.2, 0.25) is 10.4 Å². The lowest BCUT2D eigenvalue weighted by Crippen LogP contribution is -2.37. The molecule has 3 rings (SSSR count). The molecule has 0 radical (unpaired) electrons. The van der Waals surface area contributed by atoms with Crippen molar-refractivity contribution < 1.29 is 4.74 Å². The van der Waals surface area contributed by atoms with Crippen LogP contribution in [-0.2, 0) is 4.74 Å². The third-order valence-corrected chi connectivity index (χ3v) is 3.21. The zero-order chi connectivity index (χ0) is 10.4. The van der Waals surface area contributed by atoms with Crippen molar-refractivity contribution in [3.63, 3.8) is 0 Å². The lowest BCUT2D eigenvalue weighted by Gasteiger charge is -2.27. The summed E-state index contributed by atoms with van der Waals surface area (Å²) in [4.78, 5) is 10.2. The van der Waals surface area contributed by atoms with Crippen LogP contribution in [0.4, 0.5) is 5.82 Å². The minimum Gasteiger partial charge on any atom is -0.374 e. The Balaban J connectivity index is 1.93. The topological polar surface area (TPSA) is 38.2 Å². The maximum atomic E-state index is 5.84. The number of ether oxygens (including phenoxy) is 1. The first-order valence-electron chi connectivity index (χ1n) is 4.81. The van der Waals surface area contributed by atoms with Crippen molar-refractivity contribution in [1.29, 1.82) is 0 Å². The molecule has 2 aliphatic heterocycles. The highest BCUT2D eigenvalue weighted by Gasteiger charge is 2.39. The van der Waals surface area contributed by atoms with E-state index in [0.717, 1.165) is 25.4 Å². The fraction of sp³-hybridized carbons (Fsp3) is 0.556. The molecule has 2 saturated heterocycles. The standard InChI is InChI=1S/C9H9Cl2N3O/c10-7-2-8(13-9(11)12-7)14-3-6-1-5(14)4-15-6/h2,5-6H,1,3-4H2. The number of halogens is 2. The maximum absolute atomic E-state index is 5.84. The summed E-state index contributed by atoms with van der Waals surface area (Å²) in [7, 11) is 0. The van der Waals surface area contributed by atoms with Crippen molar-refractivity contribution in [2.75, 3.05) is 18.1 Å². The maximum Gasteiger partial charge on any atom is 0.225 e. The second-order valence-corrected chi connectivity index (χ2v) is 4.54. The Morgan fingerprint density at radius 3 is 2.87 bits per heavy atom. The van der Waals surface area contributed by atoms with E-state index in [-0.39, 0.29) is 5.28 Å². The number of hydrogen-bond donors (Lipinski definition) is 0. The second-order valence-electron chi connectivity index (χ2n) is 3.82. The van der Waals surface area contributed by atoms with E-state index in [1.54, 1.807) is 6.07 Å². The molecule has 0 amide bonds. The van der Waals surface area contributed by atoms with Gasteiger partial charge in [-0.25, -0.2) is 9.97 Å². The van der Waals surface area contributed by atoms with Gasteiger partial charge in [0.15, 0.2) is 0 Å². The fourth-order valence-corrected chi connectivity index (χ4v) is 2.60. The van der Waals surface area contributed by atoms with Crippen LogP contribution >= 0.6 is 23.2 Å². The van der Waals surface area contributed by atoms with Crippen molar-refractivity contribution in [2.45, 2.75) is 18.6 Å². The average Bonchev–Trinajstić information content (AvgIpc) is 2.76. The van der Waals surface area contributed by atoms with Crippen LogP contribution in [-0.4, -0.2) is 35.3 Å². The Kier molecular flexibility index (Phi) is 2.23. The first kappa shape index (κ1) is 9.63. The molecule has 80 valence electrons. The summed E-state index contributed by atoms with van der Waals surface area (Å²) < 4.78 is 5.51. The minimum absolute atomic E-state index is 0.196. The number of nitrogens with zero attached hydrogens (tertiary/aromatic N) is 3. The zero-order valence-corrected chi connectivity index (χ0v) is 9.37. The van der Waals surface area contributed by atoms with Crippen LogP contribution in [0.25, 0.3) is 0 Å². The molecule has 0 N–H and O–H groups in total. The van der Waals surface area contributed by atoms with Crippen molar-refractivity contribution in [1.82, 2.24) is 9.97 Å². The molecule has 2 atom stereocenters. The summed E-state index contributed by atoms with van der Waals surface area (Å²) in [6.45, 7) is 1.64. The molecule has 1 aromatic heterocycles. The van der Waals surface area contributed by atoms with Gasteiger partial charge in [-0.05, 0) is 18.0 Å². The molecule has 2 bridgehead atoms. The highest BCUT2D eigenvalue weighted by atomic mass is 35.5. The summed E-state index contributed by atoms with van der Waals surface area (Å²) in [6.07, 6.45) is 1.40. The van der Waals surface area contributed by atoms with Gasteiger partial charge in [0.1, 0.15) is 11.0 Å². The Hall–Kier alpha value is -0.580. The quantitative estimate of drug-likeness (QED) is 0.559. The van der Waals surface area contributed by atoms with Crippen LogP contribution in [0.1, 0.15) is 6.42 Å². The lowest BCUT2D eigenvalue weighted by molar-refractivity contribution is 0.0989. The summed E-state index contributed by atoms with van der Waals surface area (Å²) >= 11 is 11.6. The van der Waals surface area contributed by atoms with Crippen LogP contribution < -0.4 is 4.90 Å². The molecule has 2 fully saturated rings. The summed E-state index contributed by atoms with van der Waals surface area (Å²) in [5, 5.41) is 0.579. The van der Waals surface area contributed by atoms with Crippen molar-refractivity contribution in [3.8, 4) is 0 Å². The molecule has 4 nitrogen and oxygen atoms in total. The van der Waals surface area contributed by atoms with Gasteiger partial charge in [0.05, 0.1) is 18.8 Å². The predicted octanol–water partition coefficient (Wildman–Crippen LogP) is 1.76. The molecular formula is C9H9Cl2N3O. The number of morpholine rings is 1.